The Morgan fingerprint density at radius 3 is 2.03 bits per heavy atom. The van der Waals surface area contributed by atoms with Crippen molar-refractivity contribution in [2.75, 3.05) is 0 Å². The summed E-state index contributed by atoms with van der Waals surface area (Å²) < 4.78 is 69.1. The van der Waals surface area contributed by atoms with Crippen molar-refractivity contribution in [1.82, 2.24) is 15.0 Å². The molecule has 1 aromatic heterocycles. The van der Waals surface area contributed by atoms with Gasteiger partial charge in [-0.3, -0.25) is 0 Å². The first-order chi connectivity index (χ1) is 16.6. The molecule has 0 amide bonds. The summed E-state index contributed by atoms with van der Waals surface area (Å²) in [7, 11) is -9.35. The third-order valence-electron chi connectivity index (χ3n) is 5.39. The summed E-state index contributed by atoms with van der Waals surface area (Å²) in [5, 5.41) is 9.95. The second-order valence-corrected chi connectivity index (χ2v) is 10.4. The van der Waals surface area contributed by atoms with E-state index in [2.05, 4.69) is 10.2 Å². The Kier molecular flexibility index (Phi) is 9.18. The molecule has 9 nitrogen and oxygen atoms in total. The van der Waals surface area contributed by atoms with E-state index < -0.39 is 25.1 Å². The predicted octanol–water partition coefficient (Wildman–Crippen LogP) is -2.44. The van der Waals surface area contributed by atoms with Crippen molar-refractivity contribution in [3.05, 3.63) is 90.0 Å². The second kappa shape index (κ2) is 11.5. The molecule has 1 heterocycles. The number of benzene rings is 4. The van der Waals surface area contributed by atoms with Gasteiger partial charge in [0, 0.05) is 10.9 Å². The zero-order valence-electron chi connectivity index (χ0n) is 19.8. The molecule has 176 valence electrons. The maximum Gasteiger partial charge on any atom is 1.00 e. The van der Waals surface area contributed by atoms with E-state index in [9.17, 15) is 25.9 Å². The summed E-state index contributed by atoms with van der Waals surface area (Å²) in [6.45, 7) is 0. The Balaban J connectivity index is 0.00000190. The van der Waals surface area contributed by atoms with Crippen molar-refractivity contribution in [3.63, 3.8) is 0 Å². The van der Waals surface area contributed by atoms with Gasteiger partial charge >= 0.3 is 59.1 Å². The molecule has 0 N–H and O–H groups in total. The van der Waals surface area contributed by atoms with Crippen LogP contribution in [0.3, 0.4) is 0 Å². The minimum atomic E-state index is -4.73. The van der Waals surface area contributed by atoms with Gasteiger partial charge in [0.15, 0.2) is 0 Å². The monoisotopic (exact) mass is 551 g/mol. The zero-order chi connectivity index (χ0) is 24.8. The molecule has 0 unspecified atom stereocenters. The van der Waals surface area contributed by atoms with E-state index in [1.165, 1.54) is 41.2 Å². The SMILES string of the molecule is O=S(=O)([O-])c1ccc(/C=C/c2ccccc2)c(-n2nc3ccc4cc(S(=O)(=O)[O-])ccc4c3n2)c1.[Na+].[Na+]. The third kappa shape index (κ3) is 6.40. The average Bonchev–Trinajstić information content (AvgIpc) is 3.26. The molecule has 0 aliphatic heterocycles. The van der Waals surface area contributed by atoms with Crippen LogP contribution in [0.5, 0.6) is 0 Å². The summed E-state index contributed by atoms with van der Waals surface area (Å²) in [5.74, 6) is 0. The van der Waals surface area contributed by atoms with Crippen LogP contribution in [-0.2, 0) is 20.2 Å². The Morgan fingerprint density at radius 2 is 1.35 bits per heavy atom. The first-order valence-electron chi connectivity index (χ1n) is 10.2. The second-order valence-electron chi connectivity index (χ2n) is 7.68. The van der Waals surface area contributed by atoms with E-state index in [0.29, 0.717) is 27.4 Å². The fourth-order valence-electron chi connectivity index (χ4n) is 3.69. The van der Waals surface area contributed by atoms with Crippen molar-refractivity contribution in [1.29, 1.82) is 0 Å². The molecule has 0 saturated heterocycles. The number of hydrogen-bond acceptors (Lipinski definition) is 8. The van der Waals surface area contributed by atoms with Crippen LogP contribution in [0.25, 0.3) is 39.6 Å². The van der Waals surface area contributed by atoms with E-state index >= 15 is 0 Å². The van der Waals surface area contributed by atoms with Gasteiger partial charge in [-0.1, -0.05) is 60.7 Å². The van der Waals surface area contributed by atoms with Crippen molar-refractivity contribution in [2.24, 2.45) is 0 Å². The smallest absolute Gasteiger partial charge is 0.744 e. The maximum atomic E-state index is 11.7. The van der Waals surface area contributed by atoms with Gasteiger partial charge in [0.05, 0.1) is 15.5 Å². The molecule has 0 aliphatic rings. The van der Waals surface area contributed by atoms with E-state index in [4.69, 9.17) is 0 Å². The molecule has 0 bridgehead atoms. The van der Waals surface area contributed by atoms with Crippen LogP contribution < -0.4 is 59.1 Å². The van der Waals surface area contributed by atoms with Gasteiger partial charge in [0.1, 0.15) is 31.3 Å². The molecule has 0 fully saturated rings. The Bertz CT molecular complexity index is 1860. The largest absolute Gasteiger partial charge is 1.00 e. The minimum absolute atomic E-state index is 0. The van der Waals surface area contributed by atoms with Gasteiger partial charge in [0.2, 0.25) is 0 Å². The molecule has 0 aliphatic carbocycles. The van der Waals surface area contributed by atoms with Crippen molar-refractivity contribution in [2.45, 2.75) is 9.79 Å². The van der Waals surface area contributed by atoms with Gasteiger partial charge < -0.3 is 9.11 Å². The summed E-state index contributed by atoms with van der Waals surface area (Å²) in [6.07, 6.45) is 3.58. The Hall–Kier alpha value is -1.90. The first kappa shape index (κ1) is 29.7. The number of rotatable bonds is 5. The Labute approximate surface area is 257 Å². The molecule has 0 spiro atoms. The zero-order valence-corrected chi connectivity index (χ0v) is 25.4. The number of aromatic nitrogens is 3. The molecular weight excluding hydrogens is 536 g/mol. The van der Waals surface area contributed by atoms with Crippen LogP contribution in [0.1, 0.15) is 11.1 Å². The van der Waals surface area contributed by atoms with E-state index in [-0.39, 0.29) is 69.7 Å². The van der Waals surface area contributed by atoms with Gasteiger partial charge in [-0.2, -0.15) is 0 Å². The average molecular weight is 552 g/mol. The van der Waals surface area contributed by atoms with E-state index in [1.54, 1.807) is 18.2 Å². The quantitative estimate of drug-likeness (QED) is 0.133. The molecule has 0 radical (unpaired) electrons. The van der Waals surface area contributed by atoms with Crippen LogP contribution in [0.4, 0.5) is 0 Å². The molecule has 13 heteroatoms. The maximum absolute atomic E-state index is 11.7. The van der Waals surface area contributed by atoms with Crippen LogP contribution >= 0.6 is 0 Å². The molecule has 37 heavy (non-hydrogen) atoms. The van der Waals surface area contributed by atoms with E-state index in [0.717, 1.165) is 5.56 Å². The van der Waals surface area contributed by atoms with Gasteiger partial charge in [0.25, 0.3) is 0 Å². The number of hydrogen-bond donors (Lipinski definition) is 0. The van der Waals surface area contributed by atoms with Crippen molar-refractivity contribution in [3.8, 4) is 5.69 Å². The third-order valence-corrected chi connectivity index (χ3v) is 7.05. The molecule has 4 aromatic carbocycles. The summed E-state index contributed by atoms with van der Waals surface area (Å²) in [6, 6.07) is 20.5. The molecule has 5 rings (SSSR count). The van der Waals surface area contributed by atoms with Crippen LogP contribution in [-0.4, -0.2) is 40.9 Å². The fraction of sp³-hybridized carbons (Fsp3) is 0. The Morgan fingerprint density at radius 1 is 0.703 bits per heavy atom. The standard InChI is InChI=1S/C24H17N3O6S2.2Na/c28-34(29,30)19-11-12-21-18(14-19)9-13-22-24(21)26-27(25-22)23-15-20(35(31,32)33)10-8-17(23)7-6-16-4-2-1-3-5-16;;/h1-15H,(H,28,29,30)(H,31,32,33);;/q;2*+1/p-2/b7-6+;;. The summed E-state index contributed by atoms with van der Waals surface area (Å²) >= 11 is 0. The topological polar surface area (TPSA) is 145 Å². The van der Waals surface area contributed by atoms with Crippen LogP contribution in [0.2, 0.25) is 0 Å². The number of nitrogens with zero attached hydrogens (tertiary/aromatic N) is 3. The van der Waals surface area contributed by atoms with Crippen molar-refractivity contribution >= 4 is 54.2 Å². The first-order valence-corrected chi connectivity index (χ1v) is 13.0. The van der Waals surface area contributed by atoms with Gasteiger partial charge in [-0.05, 0) is 41.3 Å². The van der Waals surface area contributed by atoms with Crippen LogP contribution in [0.15, 0.2) is 88.7 Å². The van der Waals surface area contributed by atoms with Crippen molar-refractivity contribution < 1.29 is 85.1 Å². The molecule has 0 saturated carbocycles. The summed E-state index contributed by atoms with van der Waals surface area (Å²) in [4.78, 5) is 0.432. The molecular formula is C24H15N3Na2O6S2. The minimum Gasteiger partial charge on any atom is -0.744 e. The predicted molar refractivity (Wildman–Crippen MR) is 128 cm³/mol. The normalized spacial score (nSPS) is 11.9. The number of fused-ring (bicyclic) bond motifs is 3. The van der Waals surface area contributed by atoms with Crippen LogP contribution in [0, 0.1) is 0 Å². The molecule has 5 aromatic rings. The fourth-order valence-corrected chi connectivity index (χ4v) is 4.69. The summed E-state index contributed by atoms with van der Waals surface area (Å²) in [5.41, 5.74) is 2.59. The molecule has 0 atom stereocenters. The van der Waals surface area contributed by atoms with Gasteiger partial charge in [-0.25, -0.2) is 16.8 Å². The van der Waals surface area contributed by atoms with Gasteiger partial charge in [-0.15, -0.1) is 15.0 Å². The van der Waals surface area contributed by atoms with E-state index in [1.807, 2.05) is 36.4 Å².